The Balaban J connectivity index is 2.93. The van der Waals surface area contributed by atoms with Crippen molar-refractivity contribution in [1.29, 1.82) is 0 Å². The highest BCUT2D eigenvalue weighted by Gasteiger charge is 2.34. The molecule has 4 heteroatoms. The molecule has 0 aliphatic rings. The Morgan fingerprint density at radius 2 is 2.33 bits per heavy atom. The van der Waals surface area contributed by atoms with E-state index in [9.17, 15) is 4.79 Å². The van der Waals surface area contributed by atoms with Crippen molar-refractivity contribution in [3.8, 4) is 0 Å². The fourth-order valence-corrected chi connectivity index (χ4v) is 0.894. The molecule has 0 aliphatic heterocycles. The highest BCUT2D eigenvalue weighted by Crippen LogP contribution is 2.23. The van der Waals surface area contributed by atoms with Crippen LogP contribution in [-0.4, -0.2) is 18.2 Å². The largest absolute Gasteiger partial charge is 0.468 e. The molecule has 0 radical (unpaired) electrons. The lowest BCUT2D eigenvalue weighted by Gasteiger charge is -2.16. The summed E-state index contributed by atoms with van der Waals surface area (Å²) in [5.41, 5.74) is -0.759. The molecular weight excluding hydrogens is 158 g/mol. The molecule has 1 aromatic heterocycles. The molecular formula is C8H11NO3. The van der Waals surface area contributed by atoms with Gasteiger partial charge in [-0.15, -0.1) is 0 Å². The Morgan fingerprint density at radius 3 is 2.75 bits per heavy atom. The Labute approximate surface area is 70.5 Å². The molecule has 0 aliphatic carbocycles. The van der Waals surface area contributed by atoms with E-state index >= 15 is 0 Å². The molecule has 4 nitrogen and oxygen atoms in total. The third kappa shape index (κ3) is 1.32. The summed E-state index contributed by atoms with van der Waals surface area (Å²) in [7, 11) is 1.35. The second kappa shape index (κ2) is 2.97. The van der Waals surface area contributed by atoms with Gasteiger partial charge < -0.3 is 9.26 Å². The van der Waals surface area contributed by atoms with Gasteiger partial charge in [0.25, 0.3) is 0 Å². The molecule has 0 saturated heterocycles. The van der Waals surface area contributed by atoms with E-state index < -0.39 is 5.41 Å². The number of esters is 1. The number of aromatic nitrogens is 1. The van der Waals surface area contributed by atoms with Gasteiger partial charge >= 0.3 is 5.97 Å². The lowest BCUT2D eigenvalue weighted by molar-refractivity contribution is -0.146. The molecule has 0 spiro atoms. The number of carbonyl (C=O) groups excluding carboxylic acids is 1. The minimum atomic E-state index is -0.759. The fourth-order valence-electron chi connectivity index (χ4n) is 0.894. The summed E-state index contributed by atoms with van der Waals surface area (Å²) in [5, 5.41) is 3.52. The lowest BCUT2D eigenvalue weighted by Crippen LogP contribution is -2.29. The first kappa shape index (κ1) is 8.77. The van der Waals surface area contributed by atoms with E-state index in [4.69, 9.17) is 4.52 Å². The van der Waals surface area contributed by atoms with Gasteiger partial charge in [0.15, 0.2) is 5.76 Å². The monoisotopic (exact) mass is 169 g/mol. The average molecular weight is 169 g/mol. The minimum Gasteiger partial charge on any atom is -0.468 e. The predicted molar refractivity (Wildman–Crippen MR) is 41.5 cm³/mol. The van der Waals surface area contributed by atoms with Crippen molar-refractivity contribution < 1.29 is 14.1 Å². The quantitative estimate of drug-likeness (QED) is 0.622. The van der Waals surface area contributed by atoms with Crippen LogP contribution in [0.3, 0.4) is 0 Å². The molecule has 1 rings (SSSR count). The van der Waals surface area contributed by atoms with Crippen LogP contribution in [0.25, 0.3) is 0 Å². The van der Waals surface area contributed by atoms with Gasteiger partial charge in [-0.3, -0.25) is 4.79 Å². The predicted octanol–water partition coefficient (Wildman–Crippen LogP) is 1.13. The van der Waals surface area contributed by atoms with E-state index in [-0.39, 0.29) is 5.97 Å². The second-order valence-electron chi connectivity index (χ2n) is 2.99. The Hall–Kier alpha value is -1.32. The molecule has 0 atom stereocenters. The SMILES string of the molecule is COC(=O)C(C)(C)c1ccno1. The molecule has 0 amide bonds. The van der Waals surface area contributed by atoms with Gasteiger partial charge in [0.2, 0.25) is 0 Å². The molecule has 0 fully saturated rings. The zero-order chi connectivity index (χ0) is 9.19. The fraction of sp³-hybridized carbons (Fsp3) is 0.500. The molecule has 1 aromatic rings. The van der Waals surface area contributed by atoms with Crippen LogP contribution in [0, 0.1) is 0 Å². The van der Waals surface area contributed by atoms with E-state index in [2.05, 4.69) is 9.89 Å². The standard InChI is InChI=1S/C8H11NO3/c1-8(2,7(10)11-3)6-4-5-9-12-6/h4-5H,1-3H3. The van der Waals surface area contributed by atoms with Crippen LogP contribution in [-0.2, 0) is 14.9 Å². The first-order chi connectivity index (χ1) is 5.59. The van der Waals surface area contributed by atoms with Gasteiger partial charge in [-0.2, -0.15) is 0 Å². The number of hydrogen-bond donors (Lipinski definition) is 0. The Bertz CT molecular complexity index is 264. The molecule has 0 unspecified atom stereocenters. The van der Waals surface area contributed by atoms with Gasteiger partial charge in [-0.1, -0.05) is 5.16 Å². The summed E-state index contributed by atoms with van der Waals surface area (Å²) in [5.74, 6) is 0.175. The normalized spacial score (nSPS) is 11.2. The highest BCUT2D eigenvalue weighted by molar-refractivity contribution is 5.81. The minimum absolute atomic E-state index is 0.334. The van der Waals surface area contributed by atoms with Gasteiger partial charge in [0.1, 0.15) is 5.41 Å². The second-order valence-corrected chi connectivity index (χ2v) is 2.99. The topological polar surface area (TPSA) is 52.3 Å². The van der Waals surface area contributed by atoms with Crippen molar-refractivity contribution in [1.82, 2.24) is 5.16 Å². The average Bonchev–Trinajstić information content (AvgIpc) is 2.55. The number of nitrogens with zero attached hydrogens (tertiary/aromatic N) is 1. The van der Waals surface area contributed by atoms with Gasteiger partial charge in [0.05, 0.1) is 13.3 Å². The van der Waals surface area contributed by atoms with E-state index in [1.807, 2.05) is 0 Å². The zero-order valence-corrected chi connectivity index (χ0v) is 7.33. The summed E-state index contributed by atoms with van der Waals surface area (Å²) in [4.78, 5) is 11.2. The summed E-state index contributed by atoms with van der Waals surface area (Å²) in [6.07, 6.45) is 1.50. The molecule has 12 heavy (non-hydrogen) atoms. The highest BCUT2D eigenvalue weighted by atomic mass is 16.5. The molecule has 0 saturated carbocycles. The summed E-state index contributed by atoms with van der Waals surface area (Å²) in [6, 6.07) is 1.65. The maximum absolute atomic E-state index is 11.2. The van der Waals surface area contributed by atoms with Crippen LogP contribution in [0.2, 0.25) is 0 Å². The van der Waals surface area contributed by atoms with Gasteiger partial charge in [-0.05, 0) is 13.8 Å². The van der Waals surface area contributed by atoms with Crippen LogP contribution in [0.1, 0.15) is 19.6 Å². The van der Waals surface area contributed by atoms with Crippen LogP contribution in [0.4, 0.5) is 0 Å². The molecule has 66 valence electrons. The number of hydrogen-bond acceptors (Lipinski definition) is 4. The summed E-state index contributed by atoms with van der Waals surface area (Å²) in [6.45, 7) is 3.44. The Kier molecular flexibility index (Phi) is 2.17. The summed E-state index contributed by atoms with van der Waals surface area (Å²) >= 11 is 0. The van der Waals surface area contributed by atoms with Crippen LogP contribution < -0.4 is 0 Å². The molecule has 0 aromatic carbocycles. The first-order valence-electron chi connectivity index (χ1n) is 3.58. The van der Waals surface area contributed by atoms with E-state index in [1.165, 1.54) is 13.3 Å². The first-order valence-corrected chi connectivity index (χ1v) is 3.58. The zero-order valence-electron chi connectivity index (χ0n) is 7.33. The van der Waals surface area contributed by atoms with Crippen molar-refractivity contribution in [2.75, 3.05) is 7.11 Å². The number of methoxy groups -OCH3 is 1. The maximum Gasteiger partial charge on any atom is 0.319 e. The van der Waals surface area contributed by atoms with Crippen LogP contribution in [0.15, 0.2) is 16.8 Å². The van der Waals surface area contributed by atoms with Gasteiger partial charge in [-0.25, -0.2) is 0 Å². The van der Waals surface area contributed by atoms with Crippen LogP contribution in [0.5, 0.6) is 0 Å². The third-order valence-corrected chi connectivity index (χ3v) is 1.75. The smallest absolute Gasteiger partial charge is 0.319 e. The molecule has 0 bridgehead atoms. The van der Waals surface area contributed by atoms with Gasteiger partial charge in [0, 0.05) is 6.07 Å². The van der Waals surface area contributed by atoms with Crippen molar-refractivity contribution in [3.63, 3.8) is 0 Å². The van der Waals surface area contributed by atoms with Crippen molar-refractivity contribution in [2.24, 2.45) is 0 Å². The van der Waals surface area contributed by atoms with Crippen molar-refractivity contribution in [3.05, 3.63) is 18.0 Å². The Morgan fingerprint density at radius 1 is 1.67 bits per heavy atom. The number of rotatable bonds is 2. The number of carbonyl (C=O) groups is 1. The van der Waals surface area contributed by atoms with E-state index in [0.717, 1.165) is 0 Å². The third-order valence-electron chi connectivity index (χ3n) is 1.75. The van der Waals surface area contributed by atoms with E-state index in [0.29, 0.717) is 5.76 Å². The molecule has 0 N–H and O–H groups in total. The summed E-state index contributed by atoms with van der Waals surface area (Å²) < 4.78 is 9.48. The number of ether oxygens (including phenoxy) is 1. The van der Waals surface area contributed by atoms with Crippen LogP contribution >= 0.6 is 0 Å². The maximum atomic E-state index is 11.2. The lowest BCUT2D eigenvalue weighted by atomic mass is 9.91. The van der Waals surface area contributed by atoms with E-state index in [1.54, 1.807) is 19.9 Å². The van der Waals surface area contributed by atoms with Crippen molar-refractivity contribution >= 4 is 5.97 Å². The van der Waals surface area contributed by atoms with Crippen molar-refractivity contribution in [2.45, 2.75) is 19.3 Å². The molecule has 1 heterocycles.